The van der Waals surface area contributed by atoms with E-state index in [9.17, 15) is 13.6 Å². The third-order valence-corrected chi connectivity index (χ3v) is 2.86. The Labute approximate surface area is 109 Å². The first-order valence-electron chi connectivity index (χ1n) is 6.03. The Morgan fingerprint density at radius 2 is 2.05 bits per heavy atom. The molecule has 0 spiro atoms. The van der Waals surface area contributed by atoms with Gasteiger partial charge < -0.3 is 0 Å². The van der Waals surface area contributed by atoms with E-state index in [2.05, 4.69) is 5.10 Å². The van der Waals surface area contributed by atoms with Crippen LogP contribution < -0.4 is 0 Å². The molecule has 0 aliphatic heterocycles. The minimum absolute atomic E-state index is 0.00898. The number of aryl methyl sites for hydroxylation is 2. The summed E-state index contributed by atoms with van der Waals surface area (Å²) in [5.41, 5.74) is 1.28. The summed E-state index contributed by atoms with van der Waals surface area (Å²) >= 11 is 0. The maximum Gasteiger partial charge on any atom is 0.171 e. The second kappa shape index (κ2) is 5.30. The van der Waals surface area contributed by atoms with Gasteiger partial charge in [0.2, 0.25) is 0 Å². The Balaban J connectivity index is 2.27. The van der Waals surface area contributed by atoms with Gasteiger partial charge in [-0.15, -0.1) is 0 Å². The molecule has 0 saturated heterocycles. The number of rotatable bonds is 4. The molecule has 0 saturated carbocycles. The van der Waals surface area contributed by atoms with Crippen LogP contribution in [0.3, 0.4) is 0 Å². The Morgan fingerprint density at radius 3 is 2.74 bits per heavy atom. The summed E-state index contributed by atoms with van der Waals surface area (Å²) in [5, 5.41) is 4.21. The van der Waals surface area contributed by atoms with Crippen LogP contribution in [0.4, 0.5) is 8.78 Å². The predicted molar refractivity (Wildman–Crippen MR) is 67.0 cm³/mol. The zero-order valence-electron chi connectivity index (χ0n) is 10.8. The summed E-state index contributed by atoms with van der Waals surface area (Å²) in [5.74, 6) is -1.78. The third-order valence-electron chi connectivity index (χ3n) is 2.86. The number of Topliss-reactive ketones (excluding diaryl/α,β-unsaturated/α-hetero) is 1. The van der Waals surface area contributed by atoms with Crippen molar-refractivity contribution >= 4 is 5.78 Å². The van der Waals surface area contributed by atoms with Crippen molar-refractivity contribution in [3.05, 3.63) is 52.9 Å². The molecule has 0 atom stereocenters. The zero-order valence-corrected chi connectivity index (χ0v) is 10.8. The molecule has 0 amide bonds. The molecule has 0 N–H and O–H groups in total. The number of hydrogen-bond donors (Lipinski definition) is 0. The van der Waals surface area contributed by atoms with E-state index in [4.69, 9.17) is 0 Å². The van der Waals surface area contributed by atoms with Crippen molar-refractivity contribution in [2.75, 3.05) is 0 Å². The molecular formula is C14H14F2N2O. The first-order chi connectivity index (χ1) is 9.01. The largest absolute Gasteiger partial charge is 0.294 e. The summed E-state index contributed by atoms with van der Waals surface area (Å²) in [6, 6.07) is 4.66. The molecule has 3 nitrogen and oxygen atoms in total. The molecule has 19 heavy (non-hydrogen) atoms. The van der Waals surface area contributed by atoms with Crippen LogP contribution in [0.25, 0.3) is 0 Å². The minimum Gasteiger partial charge on any atom is -0.294 e. The highest BCUT2D eigenvalue weighted by Gasteiger charge is 2.16. The van der Waals surface area contributed by atoms with E-state index in [1.54, 1.807) is 10.7 Å². The number of carbonyl (C=O) groups excluding carboxylic acids is 1. The molecule has 0 aliphatic carbocycles. The third kappa shape index (κ3) is 2.86. The summed E-state index contributed by atoms with van der Waals surface area (Å²) < 4.78 is 28.2. The smallest absolute Gasteiger partial charge is 0.171 e. The summed E-state index contributed by atoms with van der Waals surface area (Å²) in [4.78, 5) is 12.0. The zero-order chi connectivity index (χ0) is 14.0. The molecular weight excluding hydrogens is 250 g/mol. The normalized spacial score (nSPS) is 10.7. The van der Waals surface area contributed by atoms with Gasteiger partial charge in [0, 0.05) is 12.2 Å². The van der Waals surface area contributed by atoms with Crippen molar-refractivity contribution in [3.63, 3.8) is 0 Å². The van der Waals surface area contributed by atoms with Crippen LogP contribution in [0.1, 0.15) is 28.7 Å². The summed E-state index contributed by atoms with van der Waals surface area (Å²) in [7, 11) is 0. The van der Waals surface area contributed by atoms with Crippen LogP contribution >= 0.6 is 0 Å². The molecule has 2 aromatic rings. The highest BCUT2D eigenvalue weighted by atomic mass is 19.1. The van der Waals surface area contributed by atoms with Crippen LogP contribution in [0.15, 0.2) is 24.3 Å². The molecule has 0 fully saturated rings. The SMILES string of the molecule is CCn1nc(C)cc1CC(=O)c1cc(F)ccc1F. The van der Waals surface area contributed by atoms with Gasteiger partial charge in [-0.3, -0.25) is 9.48 Å². The lowest BCUT2D eigenvalue weighted by Gasteiger charge is -2.05. The second-order valence-corrected chi connectivity index (χ2v) is 4.32. The number of carbonyl (C=O) groups is 1. The number of ketones is 1. The lowest BCUT2D eigenvalue weighted by atomic mass is 10.1. The summed E-state index contributed by atoms with van der Waals surface area (Å²) in [6.07, 6.45) is 0.00898. The van der Waals surface area contributed by atoms with Gasteiger partial charge in [0.15, 0.2) is 5.78 Å². The van der Waals surface area contributed by atoms with Crippen LogP contribution in [-0.4, -0.2) is 15.6 Å². The van der Waals surface area contributed by atoms with E-state index in [-0.39, 0.29) is 12.0 Å². The monoisotopic (exact) mass is 264 g/mol. The molecule has 0 radical (unpaired) electrons. The van der Waals surface area contributed by atoms with Crippen molar-refractivity contribution < 1.29 is 13.6 Å². The molecule has 100 valence electrons. The molecule has 1 aromatic carbocycles. The maximum atomic E-state index is 13.5. The minimum atomic E-state index is -0.703. The fourth-order valence-electron chi connectivity index (χ4n) is 1.99. The van der Waals surface area contributed by atoms with Gasteiger partial charge >= 0.3 is 0 Å². The van der Waals surface area contributed by atoms with Crippen LogP contribution in [0, 0.1) is 18.6 Å². The topological polar surface area (TPSA) is 34.9 Å². The number of aromatic nitrogens is 2. The van der Waals surface area contributed by atoms with E-state index in [1.165, 1.54) is 0 Å². The van der Waals surface area contributed by atoms with E-state index in [0.29, 0.717) is 12.2 Å². The van der Waals surface area contributed by atoms with Gasteiger partial charge in [-0.1, -0.05) is 0 Å². The first-order valence-corrected chi connectivity index (χ1v) is 6.03. The van der Waals surface area contributed by atoms with E-state index in [1.807, 2.05) is 13.8 Å². The number of halogens is 2. The van der Waals surface area contributed by atoms with Crippen LogP contribution in [0.5, 0.6) is 0 Å². The van der Waals surface area contributed by atoms with Crippen molar-refractivity contribution in [3.8, 4) is 0 Å². The van der Waals surface area contributed by atoms with E-state index < -0.39 is 17.4 Å². The number of benzene rings is 1. The van der Waals surface area contributed by atoms with Gasteiger partial charge in [-0.05, 0) is 38.1 Å². The number of nitrogens with zero attached hydrogens (tertiary/aromatic N) is 2. The number of hydrogen-bond acceptors (Lipinski definition) is 2. The second-order valence-electron chi connectivity index (χ2n) is 4.32. The average molecular weight is 264 g/mol. The molecule has 1 heterocycles. The molecule has 5 heteroatoms. The van der Waals surface area contributed by atoms with E-state index >= 15 is 0 Å². The van der Waals surface area contributed by atoms with Crippen LogP contribution in [0.2, 0.25) is 0 Å². The van der Waals surface area contributed by atoms with Gasteiger partial charge in [0.1, 0.15) is 11.6 Å². The molecule has 1 aromatic heterocycles. The van der Waals surface area contributed by atoms with Gasteiger partial charge in [-0.25, -0.2) is 8.78 Å². The van der Waals surface area contributed by atoms with Gasteiger partial charge in [0.05, 0.1) is 17.7 Å². The molecule has 0 bridgehead atoms. The first kappa shape index (κ1) is 13.4. The van der Waals surface area contributed by atoms with Gasteiger partial charge in [-0.2, -0.15) is 5.10 Å². The fourth-order valence-corrected chi connectivity index (χ4v) is 1.99. The Hall–Kier alpha value is -2.04. The Bertz CT molecular complexity index is 620. The highest BCUT2D eigenvalue weighted by Crippen LogP contribution is 2.14. The molecule has 0 unspecified atom stereocenters. The fraction of sp³-hybridized carbons (Fsp3) is 0.286. The van der Waals surface area contributed by atoms with Crippen molar-refractivity contribution in [1.29, 1.82) is 0 Å². The van der Waals surface area contributed by atoms with Crippen molar-refractivity contribution in [1.82, 2.24) is 9.78 Å². The van der Waals surface area contributed by atoms with Crippen LogP contribution in [-0.2, 0) is 13.0 Å². The lowest BCUT2D eigenvalue weighted by Crippen LogP contribution is -2.11. The molecule has 2 rings (SSSR count). The maximum absolute atomic E-state index is 13.5. The lowest BCUT2D eigenvalue weighted by molar-refractivity contribution is 0.0986. The van der Waals surface area contributed by atoms with Gasteiger partial charge in [0.25, 0.3) is 0 Å². The quantitative estimate of drug-likeness (QED) is 0.796. The van der Waals surface area contributed by atoms with E-state index in [0.717, 1.165) is 23.9 Å². The average Bonchev–Trinajstić information content (AvgIpc) is 2.72. The van der Waals surface area contributed by atoms with Crippen molar-refractivity contribution in [2.45, 2.75) is 26.8 Å². The standard InChI is InChI=1S/C14H14F2N2O/c1-3-18-11(6-9(2)17-18)8-14(19)12-7-10(15)4-5-13(12)16/h4-7H,3,8H2,1-2H3. The predicted octanol–water partition coefficient (Wildman–Crippen LogP) is 2.92. The van der Waals surface area contributed by atoms with Crippen molar-refractivity contribution in [2.24, 2.45) is 0 Å². The highest BCUT2D eigenvalue weighted by molar-refractivity contribution is 5.97. The molecule has 0 aliphatic rings. The summed E-state index contributed by atoms with van der Waals surface area (Å²) in [6.45, 7) is 4.36. The Kier molecular flexibility index (Phi) is 3.74. The Morgan fingerprint density at radius 1 is 1.32 bits per heavy atom.